The van der Waals surface area contributed by atoms with E-state index in [1.165, 1.54) is 0 Å². The van der Waals surface area contributed by atoms with E-state index in [0.717, 1.165) is 28.9 Å². The molecule has 0 radical (unpaired) electrons. The third kappa shape index (κ3) is 3.15. The summed E-state index contributed by atoms with van der Waals surface area (Å²) in [5.74, 6) is 0.556. The highest BCUT2D eigenvalue weighted by atomic mass is 35.5. The standard InChI is InChI=1S/C22H20ClNO3/c1-27-20-8-3-2-5-16(20)17-13-21(26)24(15-11-9-14(23)10-12-15)18-6-4-7-19(25)22(17)18/h2-3,5,8-12,17H,4,6-7,13H2,1H3. The molecule has 2 aliphatic rings. The Balaban J connectivity index is 1.87. The van der Waals surface area contributed by atoms with Crippen molar-refractivity contribution in [1.29, 1.82) is 0 Å². The summed E-state index contributed by atoms with van der Waals surface area (Å²) in [7, 11) is 1.61. The molecule has 138 valence electrons. The van der Waals surface area contributed by atoms with Gasteiger partial charge in [0.05, 0.1) is 7.11 Å². The first-order valence-corrected chi connectivity index (χ1v) is 9.45. The molecule has 1 aliphatic heterocycles. The minimum Gasteiger partial charge on any atom is -0.496 e. The Bertz CT molecular complexity index is 933. The van der Waals surface area contributed by atoms with Crippen LogP contribution in [0.3, 0.4) is 0 Å². The van der Waals surface area contributed by atoms with Crippen LogP contribution in [0.2, 0.25) is 5.02 Å². The Kier molecular flexibility index (Phi) is 4.75. The highest BCUT2D eigenvalue weighted by Gasteiger charge is 2.40. The van der Waals surface area contributed by atoms with Crippen molar-refractivity contribution in [3.63, 3.8) is 0 Å². The largest absolute Gasteiger partial charge is 0.496 e. The molecule has 1 unspecified atom stereocenters. The van der Waals surface area contributed by atoms with Crippen LogP contribution in [0.15, 0.2) is 59.8 Å². The van der Waals surface area contributed by atoms with Crippen molar-refractivity contribution in [2.45, 2.75) is 31.6 Å². The Morgan fingerprint density at radius 1 is 1.04 bits per heavy atom. The summed E-state index contributed by atoms with van der Waals surface area (Å²) >= 11 is 6.00. The summed E-state index contributed by atoms with van der Waals surface area (Å²) < 4.78 is 5.50. The molecule has 0 N–H and O–H groups in total. The van der Waals surface area contributed by atoms with Gasteiger partial charge in [0.15, 0.2) is 5.78 Å². The van der Waals surface area contributed by atoms with Gasteiger partial charge in [-0.15, -0.1) is 0 Å². The van der Waals surface area contributed by atoms with Crippen molar-refractivity contribution in [2.75, 3.05) is 12.0 Å². The van der Waals surface area contributed by atoms with E-state index in [1.54, 1.807) is 24.1 Å². The summed E-state index contributed by atoms with van der Waals surface area (Å²) in [6.45, 7) is 0. The number of para-hydroxylation sites is 1. The number of allylic oxidation sites excluding steroid dienone is 2. The quantitative estimate of drug-likeness (QED) is 0.761. The van der Waals surface area contributed by atoms with Gasteiger partial charge < -0.3 is 4.74 Å². The number of carbonyl (C=O) groups excluding carboxylic acids is 2. The molecule has 1 amide bonds. The Labute approximate surface area is 163 Å². The fraction of sp³-hybridized carbons (Fsp3) is 0.273. The number of rotatable bonds is 3. The van der Waals surface area contributed by atoms with E-state index < -0.39 is 0 Å². The minimum atomic E-state index is -0.264. The molecule has 1 heterocycles. The van der Waals surface area contributed by atoms with E-state index in [-0.39, 0.29) is 24.0 Å². The van der Waals surface area contributed by atoms with Gasteiger partial charge in [-0.1, -0.05) is 29.8 Å². The number of hydrogen-bond acceptors (Lipinski definition) is 3. The van der Waals surface area contributed by atoms with E-state index in [4.69, 9.17) is 16.3 Å². The molecular weight excluding hydrogens is 362 g/mol. The summed E-state index contributed by atoms with van der Waals surface area (Å²) in [6, 6.07) is 14.8. The smallest absolute Gasteiger partial charge is 0.232 e. The first-order chi connectivity index (χ1) is 13.1. The molecule has 4 rings (SSSR count). The average Bonchev–Trinajstić information content (AvgIpc) is 2.68. The molecule has 2 aromatic rings. The molecule has 0 fully saturated rings. The van der Waals surface area contributed by atoms with Gasteiger partial charge in [0.25, 0.3) is 0 Å². The summed E-state index contributed by atoms with van der Waals surface area (Å²) in [4.78, 5) is 27.7. The molecule has 0 aromatic heterocycles. The van der Waals surface area contributed by atoms with Crippen LogP contribution in [0.1, 0.15) is 37.2 Å². The maximum Gasteiger partial charge on any atom is 0.232 e. The Morgan fingerprint density at radius 2 is 1.78 bits per heavy atom. The van der Waals surface area contributed by atoms with Crippen molar-refractivity contribution >= 4 is 29.0 Å². The number of carbonyl (C=O) groups is 2. The molecular formula is C22H20ClNO3. The van der Waals surface area contributed by atoms with Gasteiger partial charge >= 0.3 is 0 Å². The molecule has 2 aromatic carbocycles. The van der Waals surface area contributed by atoms with Crippen LogP contribution in [0.5, 0.6) is 5.75 Å². The van der Waals surface area contributed by atoms with E-state index in [2.05, 4.69) is 0 Å². The monoisotopic (exact) mass is 381 g/mol. The lowest BCUT2D eigenvalue weighted by Crippen LogP contribution is -2.40. The zero-order valence-corrected chi connectivity index (χ0v) is 15.8. The van der Waals surface area contributed by atoms with E-state index in [1.807, 2.05) is 36.4 Å². The number of halogens is 1. The lowest BCUT2D eigenvalue weighted by molar-refractivity contribution is -0.119. The number of ketones is 1. The summed E-state index contributed by atoms with van der Waals surface area (Å²) in [6.07, 6.45) is 2.23. The lowest BCUT2D eigenvalue weighted by Gasteiger charge is -2.38. The first kappa shape index (κ1) is 17.8. The Hall–Kier alpha value is -2.59. The van der Waals surface area contributed by atoms with Crippen LogP contribution in [-0.4, -0.2) is 18.8 Å². The zero-order valence-electron chi connectivity index (χ0n) is 15.1. The van der Waals surface area contributed by atoms with Gasteiger partial charge in [-0.2, -0.15) is 0 Å². The van der Waals surface area contributed by atoms with Gasteiger partial charge in [0, 0.05) is 46.3 Å². The second-order valence-electron chi connectivity index (χ2n) is 6.84. The molecule has 1 atom stereocenters. The maximum atomic E-state index is 13.1. The SMILES string of the molecule is COc1ccccc1C1CC(=O)N(c2ccc(Cl)cc2)C2=C1C(=O)CCC2. The van der Waals surface area contributed by atoms with Crippen molar-refractivity contribution in [2.24, 2.45) is 0 Å². The van der Waals surface area contributed by atoms with Crippen molar-refractivity contribution in [3.05, 3.63) is 70.4 Å². The van der Waals surface area contributed by atoms with Crippen LogP contribution in [0.25, 0.3) is 0 Å². The fourth-order valence-corrected chi connectivity index (χ4v) is 4.23. The number of methoxy groups -OCH3 is 1. The van der Waals surface area contributed by atoms with Gasteiger partial charge in [0.1, 0.15) is 5.75 Å². The number of amides is 1. The summed E-state index contributed by atoms with van der Waals surface area (Å²) in [5.41, 5.74) is 3.22. The predicted octanol–water partition coefficient (Wildman–Crippen LogP) is 4.88. The predicted molar refractivity (Wildman–Crippen MR) is 105 cm³/mol. The number of Topliss-reactive ketones (excluding diaryl/α,β-unsaturated/α-hetero) is 1. The van der Waals surface area contributed by atoms with Crippen LogP contribution >= 0.6 is 11.6 Å². The number of hydrogen-bond donors (Lipinski definition) is 0. The molecule has 27 heavy (non-hydrogen) atoms. The van der Waals surface area contributed by atoms with E-state index in [9.17, 15) is 9.59 Å². The van der Waals surface area contributed by atoms with Gasteiger partial charge in [-0.05, 0) is 43.2 Å². The van der Waals surface area contributed by atoms with Crippen molar-refractivity contribution in [3.8, 4) is 5.75 Å². The third-order valence-electron chi connectivity index (χ3n) is 5.27. The van der Waals surface area contributed by atoms with Gasteiger partial charge in [-0.3, -0.25) is 14.5 Å². The van der Waals surface area contributed by atoms with Crippen LogP contribution in [0.4, 0.5) is 5.69 Å². The molecule has 0 saturated carbocycles. The second kappa shape index (κ2) is 7.20. The van der Waals surface area contributed by atoms with Crippen LogP contribution in [0, 0.1) is 0 Å². The van der Waals surface area contributed by atoms with Gasteiger partial charge in [-0.25, -0.2) is 0 Å². The Morgan fingerprint density at radius 3 is 2.52 bits per heavy atom. The zero-order chi connectivity index (χ0) is 19.0. The first-order valence-electron chi connectivity index (χ1n) is 9.08. The second-order valence-corrected chi connectivity index (χ2v) is 7.28. The topological polar surface area (TPSA) is 46.6 Å². The van der Waals surface area contributed by atoms with E-state index >= 15 is 0 Å². The molecule has 0 spiro atoms. The molecule has 0 bridgehead atoms. The highest BCUT2D eigenvalue weighted by molar-refractivity contribution is 6.30. The normalized spacial score (nSPS) is 19.9. The number of anilines is 1. The lowest BCUT2D eigenvalue weighted by atomic mass is 9.77. The molecule has 5 heteroatoms. The number of nitrogens with zero attached hydrogens (tertiary/aromatic N) is 1. The van der Waals surface area contributed by atoms with Crippen LogP contribution in [-0.2, 0) is 9.59 Å². The fourth-order valence-electron chi connectivity index (χ4n) is 4.10. The third-order valence-corrected chi connectivity index (χ3v) is 5.53. The summed E-state index contributed by atoms with van der Waals surface area (Å²) in [5, 5.41) is 0.615. The van der Waals surface area contributed by atoms with Crippen molar-refractivity contribution < 1.29 is 14.3 Å². The van der Waals surface area contributed by atoms with E-state index in [0.29, 0.717) is 23.6 Å². The molecule has 0 saturated heterocycles. The minimum absolute atomic E-state index is 0.0123. The maximum absolute atomic E-state index is 13.1. The number of benzene rings is 2. The van der Waals surface area contributed by atoms with Crippen LogP contribution < -0.4 is 9.64 Å². The van der Waals surface area contributed by atoms with Gasteiger partial charge in [0.2, 0.25) is 5.91 Å². The number of ether oxygens (including phenoxy) is 1. The average molecular weight is 382 g/mol. The highest BCUT2D eigenvalue weighted by Crippen LogP contribution is 2.45. The molecule has 4 nitrogen and oxygen atoms in total. The van der Waals surface area contributed by atoms with Crippen molar-refractivity contribution in [1.82, 2.24) is 0 Å². The molecule has 1 aliphatic carbocycles.